The van der Waals surface area contributed by atoms with Gasteiger partial charge in [0.2, 0.25) is 0 Å². The second-order valence-corrected chi connectivity index (χ2v) is 11.1. The highest BCUT2D eigenvalue weighted by molar-refractivity contribution is 5.27. The first-order chi connectivity index (χ1) is 18.0. The Bertz CT molecular complexity index is 1270. The summed E-state index contributed by atoms with van der Waals surface area (Å²) >= 11 is 0. The van der Waals surface area contributed by atoms with Gasteiger partial charge in [-0.15, -0.1) is 0 Å². The van der Waals surface area contributed by atoms with Crippen molar-refractivity contribution in [3.63, 3.8) is 0 Å². The van der Waals surface area contributed by atoms with Crippen molar-refractivity contribution in [2.75, 3.05) is 0 Å². The summed E-state index contributed by atoms with van der Waals surface area (Å²) in [6.07, 6.45) is 9.19. The lowest BCUT2D eigenvalue weighted by molar-refractivity contribution is 0.153. The van der Waals surface area contributed by atoms with E-state index in [1.165, 1.54) is 34.5 Å². The molecule has 1 aromatic carbocycles. The van der Waals surface area contributed by atoms with Crippen LogP contribution in [0, 0.1) is 0 Å². The van der Waals surface area contributed by atoms with Crippen LogP contribution < -0.4 is 5.32 Å². The molecule has 1 atom stereocenters. The molecule has 6 nitrogen and oxygen atoms in total. The summed E-state index contributed by atoms with van der Waals surface area (Å²) in [6, 6.07) is 19.6. The number of fused-ring (bicyclic) bond motifs is 1. The lowest BCUT2D eigenvalue weighted by Crippen LogP contribution is -2.32. The molecule has 0 fully saturated rings. The van der Waals surface area contributed by atoms with Gasteiger partial charge in [-0.2, -0.15) is 0 Å². The number of nitrogens with one attached hydrogen (secondary N) is 2. The van der Waals surface area contributed by atoms with Gasteiger partial charge >= 0.3 is 0 Å². The van der Waals surface area contributed by atoms with E-state index in [1.807, 2.05) is 36.8 Å². The molecule has 2 N–H and O–H groups in total. The summed E-state index contributed by atoms with van der Waals surface area (Å²) in [5.74, 6) is 1.02. The van der Waals surface area contributed by atoms with Crippen molar-refractivity contribution in [1.29, 1.82) is 0 Å². The summed E-state index contributed by atoms with van der Waals surface area (Å²) in [6.45, 7) is 9.87. The van der Waals surface area contributed by atoms with Crippen LogP contribution in [0.1, 0.15) is 79.3 Å². The molecule has 0 bridgehead atoms. The van der Waals surface area contributed by atoms with E-state index in [2.05, 4.69) is 77.4 Å². The average Bonchev–Trinajstić information content (AvgIpc) is 3.39. The summed E-state index contributed by atoms with van der Waals surface area (Å²) in [5, 5.41) is 3.49. The monoisotopic (exact) mass is 494 g/mol. The molecular weight excluding hydrogens is 456 g/mol. The fourth-order valence-electron chi connectivity index (χ4n) is 5.07. The molecule has 3 heterocycles. The summed E-state index contributed by atoms with van der Waals surface area (Å²) in [4.78, 5) is 20.1. The number of pyridine rings is 2. The molecular formula is C31H38N6. The largest absolute Gasteiger partial charge is 0.344 e. The Hall–Kier alpha value is -3.35. The number of imidazole rings is 1. The van der Waals surface area contributed by atoms with E-state index < -0.39 is 0 Å². The number of aromatic amines is 1. The van der Waals surface area contributed by atoms with Crippen molar-refractivity contribution in [2.45, 2.75) is 77.7 Å². The van der Waals surface area contributed by atoms with Gasteiger partial charge < -0.3 is 10.3 Å². The van der Waals surface area contributed by atoms with Crippen LogP contribution in [-0.4, -0.2) is 24.8 Å². The molecule has 0 radical (unpaired) electrons. The van der Waals surface area contributed by atoms with E-state index in [0.29, 0.717) is 0 Å². The second-order valence-electron chi connectivity index (χ2n) is 11.1. The van der Waals surface area contributed by atoms with Crippen LogP contribution in [0.2, 0.25) is 0 Å². The molecule has 1 aliphatic rings. The van der Waals surface area contributed by atoms with Gasteiger partial charge in [0, 0.05) is 49.3 Å². The SMILES string of the molecule is CC(C)(C)c1cnc(CN(Cc2ccc(CNCc3ccccn3)cc2)C2CCCc3cccnc32)[nH]1. The summed E-state index contributed by atoms with van der Waals surface area (Å²) in [5.41, 5.74) is 7.47. The number of H-pyrrole nitrogens is 1. The zero-order valence-electron chi connectivity index (χ0n) is 22.2. The molecule has 37 heavy (non-hydrogen) atoms. The lowest BCUT2D eigenvalue weighted by Gasteiger charge is -2.34. The molecule has 0 saturated heterocycles. The Kier molecular flexibility index (Phi) is 7.77. The zero-order chi connectivity index (χ0) is 25.7. The first-order valence-electron chi connectivity index (χ1n) is 13.4. The van der Waals surface area contributed by atoms with Crippen molar-refractivity contribution in [3.8, 4) is 0 Å². The van der Waals surface area contributed by atoms with E-state index >= 15 is 0 Å². The first kappa shape index (κ1) is 25.3. The number of aromatic nitrogens is 4. The molecule has 192 valence electrons. The topological polar surface area (TPSA) is 69.7 Å². The van der Waals surface area contributed by atoms with E-state index in [9.17, 15) is 0 Å². The van der Waals surface area contributed by atoms with Crippen molar-refractivity contribution in [1.82, 2.24) is 30.2 Å². The Balaban J connectivity index is 1.31. The van der Waals surface area contributed by atoms with Gasteiger partial charge in [0.1, 0.15) is 5.82 Å². The van der Waals surface area contributed by atoms with Crippen LogP contribution in [-0.2, 0) is 38.0 Å². The van der Waals surface area contributed by atoms with Gasteiger partial charge in [0.05, 0.1) is 24.0 Å². The normalized spacial score (nSPS) is 15.6. The van der Waals surface area contributed by atoms with Crippen molar-refractivity contribution in [2.24, 2.45) is 0 Å². The third kappa shape index (κ3) is 6.51. The third-order valence-corrected chi connectivity index (χ3v) is 7.17. The minimum atomic E-state index is 0.0511. The van der Waals surface area contributed by atoms with Gasteiger partial charge in [0.25, 0.3) is 0 Å². The maximum Gasteiger partial charge on any atom is 0.120 e. The van der Waals surface area contributed by atoms with Crippen LogP contribution in [0.25, 0.3) is 0 Å². The molecule has 0 aliphatic heterocycles. The molecule has 3 aromatic heterocycles. The van der Waals surface area contributed by atoms with Crippen LogP contribution >= 0.6 is 0 Å². The number of nitrogens with zero attached hydrogens (tertiary/aromatic N) is 4. The number of benzene rings is 1. The van der Waals surface area contributed by atoms with Crippen molar-refractivity contribution in [3.05, 3.63) is 113 Å². The quantitative estimate of drug-likeness (QED) is 0.305. The maximum absolute atomic E-state index is 4.84. The van der Waals surface area contributed by atoms with Crippen molar-refractivity contribution >= 4 is 0 Å². The van der Waals surface area contributed by atoms with Gasteiger partial charge in [-0.3, -0.25) is 14.9 Å². The zero-order valence-corrected chi connectivity index (χ0v) is 22.2. The smallest absolute Gasteiger partial charge is 0.120 e. The fourth-order valence-corrected chi connectivity index (χ4v) is 5.07. The van der Waals surface area contributed by atoms with Crippen LogP contribution in [0.4, 0.5) is 0 Å². The second kappa shape index (κ2) is 11.4. The van der Waals surface area contributed by atoms with Gasteiger partial charge in [-0.25, -0.2) is 4.98 Å². The number of hydrogen-bond donors (Lipinski definition) is 2. The minimum Gasteiger partial charge on any atom is -0.344 e. The lowest BCUT2D eigenvalue weighted by atomic mass is 9.90. The molecule has 0 amide bonds. The molecule has 5 rings (SSSR count). The van der Waals surface area contributed by atoms with Crippen molar-refractivity contribution < 1.29 is 0 Å². The molecule has 0 spiro atoms. The Labute approximate surface area is 220 Å². The van der Waals surface area contributed by atoms with E-state index in [1.54, 1.807) is 0 Å². The summed E-state index contributed by atoms with van der Waals surface area (Å²) in [7, 11) is 0. The number of aryl methyl sites for hydroxylation is 1. The van der Waals surface area contributed by atoms with Gasteiger partial charge in [-0.1, -0.05) is 57.2 Å². The maximum atomic E-state index is 4.84. The molecule has 4 aromatic rings. The predicted octanol–water partition coefficient (Wildman–Crippen LogP) is 5.87. The van der Waals surface area contributed by atoms with E-state index in [4.69, 9.17) is 9.97 Å². The van der Waals surface area contributed by atoms with Crippen LogP contribution in [0.3, 0.4) is 0 Å². The molecule has 6 heteroatoms. The molecule has 0 saturated carbocycles. The molecule has 1 aliphatic carbocycles. The third-order valence-electron chi connectivity index (χ3n) is 7.17. The fraction of sp³-hybridized carbons (Fsp3) is 0.387. The summed E-state index contributed by atoms with van der Waals surface area (Å²) < 4.78 is 0. The average molecular weight is 495 g/mol. The van der Waals surface area contributed by atoms with Gasteiger partial charge in [-0.05, 0) is 54.2 Å². The number of rotatable bonds is 9. The minimum absolute atomic E-state index is 0.0511. The predicted molar refractivity (Wildman–Crippen MR) is 148 cm³/mol. The standard InChI is InChI=1S/C31H38N6/c1-31(2,3)28-20-35-29(36-28)22-37(27-11-6-8-25-9-7-17-34-30(25)27)21-24-14-12-23(13-15-24)18-32-19-26-10-4-5-16-33-26/h4-5,7,9-10,12-17,20,27,32H,6,8,11,18-19,21-22H2,1-3H3,(H,35,36). The molecule has 1 unspecified atom stereocenters. The van der Waals surface area contributed by atoms with Crippen LogP contribution in [0.5, 0.6) is 0 Å². The highest BCUT2D eigenvalue weighted by atomic mass is 15.2. The van der Waals surface area contributed by atoms with Gasteiger partial charge in [0.15, 0.2) is 0 Å². The highest BCUT2D eigenvalue weighted by Gasteiger charge is 2.28. The Morgan fingerprint density at radius 2 is 1.70 bits per heavy atom. The number of hydrogen-bond acceptors (Lipinski definition) is 5. The highest BCUT2D eigenvalue weighted by Crippen LogP contribution is 2.34. The Morgan fingerprint density at radius 1 is 0.892 bits per heavy atom. The Morgan fingerprint density at radius 3 is 2.46 bits per heavy atom. The van der Waals surface area contributed by atoms with Crippen LogP contribution in [0.15, 0.2) is 73.2 Å². The van der Waals surface area contributed by atoms with E-state index in [-0.39, 0.29) is 11.5 Å². The van der Waals surface area contributed by atoms with E-state index in [0.717, 1.165) is 50.5 Å². The first-order valence-corrected chi connectivity index (χ1v) is 13.4.